The highest BCUT2D eigenvalue weighted by atomic mass is 16.6. The zero-order valence-electron chi connectivity index (χ0n) is 12.8. The first-order chi connectivity index (χ1) is 11.3. The molecule has 2 N–H and O–H groups in total. The molecule has 1 amide bonds. The highest BCUT2D eigenvalue weighted by Gasteiger charge is 2.27. The number of benzene rings is 2. The molecule has 0 unspecified atom stereocenters. The summed E-state index contributed by atoms with van der Waals surface area (Å²) in [7, 11) is 0. The first-order valence-electron chi connectivity index (χ1n) is 7.53. The number of rotatable bonds is 7. The third kappa shape index (κ3) is 4.55. The van der Waals surface area contributed by atoms with Gasteiger partial charge in [-0.15, -0.1) is 0 Å². The van der Waals surface area contributed by atoms with E-state index in [2.05, 4.69) is 0 Å². The minimum atomic E-state index is -0.564. The average molecular weight is 315 g/mol. The van der Waals surface area contributed by atoms with Crippen molar-refractivity contribution in [2.45, 2.75) is 6.04 Å². The highest BCUT2D eigenvalue weighted by molar-refractivity contribution is 5.69. The first kappa shape index (κ1) is 17.0. The van der Waals surface area contributed by atoms with E-state index in [0.29, 0.717) is 0 Å². The number of hydrogen-bond acceptors (Lipinski definition) is 4. The van der Waals surface area contributed by atoms with Crippen molar-refractivity contribution in [2.24, 2.45) is 0 Å². The maximum absolute atomic E-state index is 12.4. The molecule has 0 aliphatic rings. The summed E-state index contributed by atoms with van der Waals surface area (Å²) >= 11 is 0. The van der Waals surface area contributed by atoms with Crippen LogP contribution < -0.4 is 0 Å². The summed E-state index contributed by atoms with van der Waals surface area (Å²) in [5.74, 6) is 0. The van der Waals surface area contributed by atoms with Crippen LogP contribution in [0.5, 0.6) is 0 Å². The molecule has 0 radical (unpaired) electrons. The smallest absolute Gasteiger partial charge is 0.410 e. The maximum Gasteiger partial charge on any atom is 0.410 e. The van der Waals surface area contributed by atoms with Crippen LogP contribution in [-0.2, 0) is 4.74 Å². The SMILES string of the molecule is O=C(OCCO)N(CCO)C(c1ccccc1)c1ccccc1. The van der Waals surface area contributed by atoms with Gasteiger partial charge in [-0.3, -0.25) is 4.90 Å². The van der Waals surface area contributed by atoms with Crippen molar-refractivity contribution >= 4 is 6.09 Å². The molecule has 0 aromatic heterocycles. The standard InChI is InChI=1S/C18H21NO4/c20-12-11-19(18(22)23-14-13-21)17(15-7-3-1-4-8-15)16-9-5-2-6-10-16/h1-10,17,20-21H,11-14H2. The molecule has 5 nitrogen and oxygen atoms in total. The molecule has 0 aliphatic heterocycles. The van der Waals surface area contributed by atoms with E-state index in [0.717, 1.165) is 11.1 Å². The van der Waals surface area contributed by atoms with Crippen LogP contribution in [0.2, 0.25) is 0 Å². The fraction of sp³-hybridized carbons (Fsp3) is 0.278. The molecule has 0 spiro atoms. The lowest BCUT2D eigenvalue weighted by molar-refractivity contribution is 0.0690. The van der Waals surface area contributed by atoms with Crippen molar-refractivity contribution in [2.75, 3.05) is 26.4 Å². The summed E-state index contributed by atoms with van der Waals surface area (Å²) in [6.45, 7) is -0.347. The number of aliphatic hydroxyl groups excluding tert-OH is 2. The normalized spacial score (nSPS) is 10.6. The van der Waals surface area contributed by atoms with E-state index < -0.39 is 6.09 Å². The quantitative estimate of drug-likeness (QED) is 0.822. The zero-order chi connectivity index (χ0) is 16.5. The summed E-state index contributed by atoms with van der Waals surface area (Å²) < 4.78 is 5.06. The van der Waals surface area contributed by atoms with Crippen LogP contribution in [0, 0.1) is 0 Å². The van der Waals surface area contributed by atoms with E-state index in [4.69, 9.17) is 9.84 Å². The summed E-state index contributed by atoms with van der Waals surface area (Å²) in [4.78, 5) is 13.8. The molecule has 2 aromatic rings. The second kappa shape index (κ2) is 8.92. The molecule has 0 bridgehead atoms. The van der Waals surface area contributed by atoms with Crippen LogP contribution in [-0.4, -0.2) is 47.6 Å². The Kier molecular flexibility index (Phi) is 6.59. The van der Waals surface area contributed by atoms with E-state index in [1.807, 2.05) is 60.7 Å². The lowest BCUT2D eigenvalue weighted by atomic mass is 9.97. The van der Waals surface area contributed by atoms with Gasteiger partial charge in [-0.05, 0) is 11.1 Å². The van der Waals surface area contributed by atoms with Crippen molar-refractivity contribution in [1.29, 1.82) is 0 Å². The molecule has 0 fully saturated rings. The predicted octanol–water partition coefficient (Wildman–Crippen LogP) is 2.20. The molecule has 0 atom stereocenters. The van der Waals surface area contributed by atoms with Crippen molar-refractivity contribution in [3.05, 3.63) is 71.8 Å². The minimum absolute atomic E-state index is 0.0724. The van der Waals surface area contributed by atoms with Gasteiger partial charge in [-0.1, -0.05) is 60.7 Å². The van der Waals surface area contributed by atoms with Gasteiger partial charge in [0.05, 0.1) is 19.3 Å². The van der Waals surface area contributed by atoms with E-state index in [9.17, 15) is 9.90 Å². The minimum Gasteiger partial charge on any atom is -0.447 e. The van der Waals surface area contributed by atoms with Gasteiger partial charge in [0, 0.05) is 6.54 Å². The van der Waals surface area contributed by atoms with E-state index in [1.54, 1.807) is 0 Å². The Morgan fingerprint density at radius 2 is 1.43 bits per heavy atom. The number of carbonyl (C=O) groups is 1. The Balaban J connectivity index is 2.39. The van der Waals surface area contributed by atoms with Crippen LogP contribution in [0.4, 0.5) is 4.79 Å². The molecule has 23 heavy (non-hydrogen) atoms. The van der Waals surface area contributed by atoms with E-state index in [-0.39, 0.29) is 32.4 Å². The Labute approximate surface area is 135 Å². The largest absolute Gasteiger partial charge is 0.447 e. The zero-order valence-corrected chi connectivity index (χ0v) is 12.8. The average Bonchev–Trinajstić information content (AvgIpc) is 2.61. The van der Waals surface area contributed by atoms with Crippen molar-refractivity contribution in [1.82, 2.24) is 4.90 Å². The fourth-order valence-corrected chi connectivity index (χ4v) is 2.47. The number of amides is 1. The molecule has 0 saturated carbocycles. The van der Waals surface area contributed by atoms with Gasteiger partial charge in [-0.2, -0.15) is 0 Å². The lowest BCUT2D eigenvalue weighted by Crippen LogP contribution is -2.38. The number of hydrogen-bond donors (Lipinski definition) is 2. The van der Waals surface area contributed by atoms with Crippen molar-refractivity contribution < 1.29 is 19.7 Å². The van der Waals surface area contributed by atoms with Gasteiger partial charge in [0.2, 0.25) is 0 Å². The Morgan fingerprint density at radius 3 is 1.87 bits per heavy atom. The number of carbonyl (C=O) groups excluding carboxylic acids is 1. The van der Waals surface area contributed by atoms with Gasteiger partial charge >= 0.3 is 6.09 Å². The molecular weight excluding hydrogens is 294 g/mol. The summed E-state index contributed by atoms with van der Waals surface area (Å²) in [5, 5.41) is 18.2. The fourth-order valence-electron chi connectivity index (χ4n) is 2.47. The van der Waals surface area contributed by atoms with Gasteiger partial charge in [0.15, 0.2) is 0 Å². The predicted molar refractivity (Wildman–Crippen MR) is 87.0 cm³/mol. The molecule has 0 heterocycles. The number of ether oxygens (including phenoxy) is 1. The first-order valence-corrected chi connectivity index (χ1v) is 7.53. The number of aliphatic hydroxyl groups is 2. The Morgan fingerprint density at radius 1 is 0.913 bits per heavy atom. The van der Waals surface area contributed by atoms with Crippen LogP contribution >= 0.6 is 0 Å². The van der Waals surface area contributed by atoms with Gasteiger partial charge in [-0.25, -0.2) is 4.79 Å². The van der Waals surface area contributed by atoms with E-state index in [1.165, 1.54) is 4.90 Å². The molecule has 0 saturated heterocycles. The van der Waals surface area contributed by atoms with Crippen LogP contribution in [0.1, 0.15) is 17.2 Å². The molecule has 122 valence electrons. The van der Waals surface area contributed by atoms with Gasteiger partial charge < -0.3 is 14.9 Å². The summed E-state index contributed by atoms with van der Waals surface area (Å²) in [6.07, 6.45) is -0.564. The Hall–Kier alpha value is -2.37. The van der Waals surface area contributed by atoms with E-state index >= 15 is 0 Å². The van der Waals surface area contributed by atoms with Crippen LogP contribution in [0.25, 0.3) is 0 Å². The summed E-state index contributed by atoms with van der Waals surface area (Å²) in [6, 6.07) is 18.8. The monoisotopic (exact) mass is 315 g/mol. The topological polar surface area (TPSA) is 70.0 Å². The van der Waals surface area contributed by atoms with Crippen molar-refractivity contribution in [3.63, 3.8) is 0 Å². The highest BCUT2D eigenvalue weighted by Crippen LogP contribution is 2.28. The van der Waals surface area contributed by atoms with Crippen molar-refractivity contribution in [3.8, 4) is 0 Å². The molecule has 2 aromatic carbocycles. The molecular formula is C18H21NO4. The Bertz CT molecular complexity index is 549. The molecule has 2 rings (SSSR count). The second-order valence-corrected chi connectivity index (χ2v) is 4.98. The molecule has 5 heteroatoms. The molecule has 0 aliphatic carbocycles. The lowest BCUT2D eigenvalue weighted by Gasteiger charge is -2.31. The van der Waals surface area contributed by atoms with Gasteiger partial charge in [0.1, 0.15) is 6.61 Å². The second-order valence-electron chi connectivity index (χ2n) is 4.98. The third-order valence-corrected chi connectivity index (χ3v) is 3.43. The maximum atomic E-state index is 12.4. The van der Waals surface area contributed by atoms with Crippen LogP contribution in [0.3, 0.4) is 0 Å². The number of nitrogens with zero attached hydrogens (tertiary/aromatic N) is 1. The summed E-state index contributed by atoms with van der Waals surface area (Å²) in [5.41, 5.74) is 1.85. The van der Waals surface area contributed by atoms with Crippen LogP contribution in [0.15, 0.2) is 60.7 Å². The third-order valence-electron chi connectivity index (χ3n) is 3.43. The van der Waals surface area contributed by atoms with Gasteiger partial charge in [0.25, 0.3) is 0 Å².